The third-order valence-corrected chi connectivity index (χ3v) is 15.3. The topological polar surface area (TPSA) is 122 Å². The number of imide groups is 2. The molecule has 1 N–H and O–H groups in total. The van der Waals surface area contributed by atoms with Crippen LogP contribution in [0, 0.1) is 39.6 Å². The Labute approximate surface area is 337 Å². The second-order valence-corrected chi connectivity index (χ2v) is 18.4. The molecule has 0 bridgehead atoms. The van der Waals surface area contributed by atoms with E-state index in [1.807, 2.05) is 84.3 Å². The van der Waals surface area contributed by atoms with Crippen LogP contribution in [0.2, 0.25) is 5.02 Å². The Hall–Kier alpha value is -4.05. The maximum atomic E-state index is 15.2. The highest BCUT2D eigenvalue weighted by Crippen LogP contribution is 2.64. The summed E-state index contributed by atoms with van der Waals surface area (Å²) >= 11 is 11.4. The number of hydrogen-bond donors (Lipinski definition) is 1. The van der Waals surface area contributed by atoms with Gasteiger partial charge in [-0.05, 0) is 113 Å². The first kappa shape index (κ1) is 35.6. The predicted molar refractivity (Wildman–Crippen MR) is 216 cm³/mol. The van der Waals surface area contributed by atoms with E-state index in [9.17, 15) is 19.5 Å². The normalized spacial score (nSPS) is 26.4. The summed E-state index contributed by atoms with van der Waals surface area (Å²) in [5.41, 5.74) is 1.93. The summed E-state index contributed by atoms with van der Waals surface area (Å²) in [5, 5.41) is 19.2. The average molecular weight is 893 g/mol. The minimum atomic E-state index is -1.27. The van der Waals surface area contributed by atoms with Crippen molar-refractivity contribution in [2.45, 2.75) is 39.2 Å². The van der Waals surface area contributed by atoms with Crippen LogP contribution in [0.1, 0.15) is 41.7 Å². The zero-order valence-corrected chi connectivity index (χ0v) is 34.2. The zero-order chi connectivity index (χ0) is 38.0. The van der Waals surface area contributed by atoms with E-state index in [2.05, 4.69) is 0 Å². The molecular weight excluding hydrogens is 859 g/mol. The van der Waals surface area contributed by atoms with Crippen LogP contribution in [0.4, 0.5) is 5.82 Å². The van der Waals surface area contributed by atoms with E-state index in [0.717, 1.165) is 31.0 Å². The van der Waals surface area contributed by atoms with Crippen LogP contribution in [0.15, 0.2) is 65.6 Å². The van der Waals surface area contributed by atoms with Crippen LogP contribution in [-0.4, -0.2) is 50.5 Å². The van der Waals surface area contributed by atoms with Gasteiger partial charge in [-0.25, -0.2) is 4.90 Å². The van der Waals surface area contributed by atoms with Crippen molar-refractivity contribution in [1.82, 2.24) is 14.7 Å². The van der Waals surface area contributed by atoms with Gasteiger partial charge in [0.25, 0.3) is 0 Å². The van der Waals surface area contributed by atoms with Gasteiger partial charge in [0, 0.05) is 33.6 Å². The van der Waals surface area contributed by atoms with Crippen molar-refractivity contribution in [2.75, 3.05) is 12.0 Å². The van der Waals surface area contributed by atoms with Gasteiger partial charge in [0.1, 0.15) is 11.5 Å². The smallest absolute Gasteiger partial charge is 0.242 e. The van der Waals surface area contributed by atoms with Gasteiger partial charge < -0.3 is 9.84 Å². The van der Waals surface area contributed by atoms with Crippen LogP contribution in [0.3, 0.4) is 0 Å². The number of rotatable bonds is 6. The molecule has 5 aromatic rings. The molecule has 9 rings (SSSR count). The Bertz CT molecular complexity index is 2490. The molecule has 54 heavy (non-hydrogen) atoms. The van der Waals surface area contributed by atoms with Gasteiger partial charge in [0.05, 0.1) is 45.3 Å². The number of likely N-dealkylation sites (tertiary alicyclic amines) is 1. The Morgan fingerprint density at radius 1 is 1.07 bits per heavy atom. The molecule has 2 aliphatic heterocycles. The molecule has 3 fully saturated rings. The second-order valence-electron chi connectivity index (χ2n) is 14.8. The standard InChI is InChI=1S/C40H34ClIN4O6S2/c1-18-24-14-20(41)7-10-30(24)54-35(18)28-16-31(44(3)43-28)46-37(49)26-15-25-22(8-9-23-32(25)38(50)45(36(23)48)17-21-6-5-11-53-21)33(40(26,2)39(46)51)19-12-27(42)34(47)29(13-19)52-4/h5-8,10-14,16,23,25-26,32-33,47H,9,15,17H2,1-4H3/t23-,25+,26-,32-,33-,40+/m0/s1. The number of aromatic hydroxyl groups is 1. The number of phenols is 1. The highest BCUT2D eigenvalue weighted by molar-refractivity contribution is 14.1. The number of methoxy groups -OCH3 is 1. The van der Waals surface area contributed by atoms with E-state index in [0.29, 0.717) is 32.1 Å². The number of nitrogens with zero attached hydrogens (tertiary/aromatic N) is 4. The summed E-state index contributed by atoms with van der Waals surface area (Å²) in [4.78, 5) is 62.7. The quantitative estimate of drug-likeness (QED) is 0.104. The number of ether oxygens (including phenoxy) is 1. The maximum absolute atomic E-state index is 15.2. The van der Waals surface area contributed by atoms with Crippen molar-refractivity contribution in [3.8, 4) is 22.1 Å². The first-order chi connectivity index (χ1) is 25.8. The zero-order valence-electron chi connectivity index (χ0n) is 29.6. The van der Waals surface area contributed by atoms with Gasteiger partial charge >= 0.3 is 0 Å². The van der Waals surface area contributed by atoms with Crippen molar-refractivity contribution in [1.29, 1.82) is 0 Å². The highest BCUT2D eigenvalue weighted by atomic mass is 127. The minimum absolute atomic E-state index is 0.0222. The molecule has 0 spiro atoms. The third-order valence-electron chi connectivity index (χ3n) is 12.1. The van der Waals surface area contributed by atoms with E-state index < -0.39 is 35.0 Å². The van der Waals surface area contributed by atoms with Crippen molar-refractivity contribution in [2.24, 2.45) is 36.1 Å². The van der Waals surface area contributed by atoms with Gasteiger partial charge in [-0.1, -0.05) is 29.3 Å². The lowest BCUT2D eigenvalue weighted by molar-refractivity contribution is -0.141. The number of anilines is 1. The predicted octanol–water partition coefficient (Wildman–Crippen LogP) is 8.07. The van der Waals surface area contributed by atoms with E-state index in [-0.39, 0.29) is 48.1 Å². The summed E-state index contributed by atoms with van der Waals surface area (Å²) in [6.45, 7) is 4.07. The first-order valence-corrected chi connectivity index (χ1v) is 20.7. The Morgan fingerprint density at radius 2 is 1.87 bits per heavy atom. The molecule has 6 atom stereocenters. The molecule has 14 heteroatoms. The molecular formula is C40H34ClIN4O6S2. The SMILES string of the molecule is COc1cc([C@H]2C3=CC[C@@H]4C(=O)N(Cc5cccs5)C(=O)[C@@H]4[C@@H]3C[C@H]3C(=O)N(c4cc(-c5sc6ccc(Cl)cc6c5C)nn4C)C(=O)[C@@]23C)cc(I)c1O. The second kappa shape index (κ2) is 12.8. The van der Waals surface area contributed by atoms with Crippen LogP contribution < -0.4 is 9.64 Å². The van der Waals surface area contributed by atoms with E-state index in [4.69, 9.17) is 21.4 Å². The summed E-state index contributed by atoms with van der Waals surface area (Å²) in [5.74, 6) is -3.72. The fourth-order valence-electron chi connectivity index (χ4n) is 9.52. The van der Waals surface area contributed by atoms with Gasteiger partial charge in [-0.3, -0.25) is 28.8 Å². The molecule has 2 aromatic carbocycles. The molecule has 2 saturated heterocycles. The van der Waals surface area contributed by atoms with E-state index in [1.165, 1.54) is 28.2 Å². The van der Waals surface area contributed by atoms with Crippen molar-refractivity contribution in [3.63, 3.8) is 0 Å². The molecule has 0 radical (unpaired) electrons. The lowest BCUT2D eigenvalue weighted by atomic mass is 9.51. The number of hydrogen-bond acceptors (Lipinski definition) is 9. The van der Waals surface area contributed by atoms with E-state index >= 15 is 4.79 Å². The van der Waals surface area contributed by atoms with Crippen LogP contribution in [0.25, 0.3) is 20.7 Å². The Kier molecular flexibility index (Phi) is 8.42. The molecule has 10 nitrogen and oxygen atoms in total. The molecule has 3 aromatic heterocycles. The molecule has 0 unspecified atom stereocenters. The number of halogens is 2. The van der Waals surface area contributed by atoms with Crippen LogP contribution in [0.5, 0.6) is 11.5 Å². The minimum Gasteiger partial charge on any atom is -0.504 e. The number of amides is 4. The van der Waals surface area contributed by atoms with Crippen molar-refractivity contribution < 1.29 is 29.0 Å². The van der Waals surface area contributed by atoms with Gasteiger partial charge in [-0.15, -0.1) is 22.7 Å². The third kappa shape index (κ3) is 5.03. The van der Waals surface area contributed by atoms with Gasteiger partial charge in [0.15, 0.2) is 11.5 Å². The molecule has 1 saturated carbocycles. The largest absolute Gasteiger partial charge is 0.504 e. The molecule has 276 valence electrons. The summed E-state index contributed by atoms with van der Waals surface area (Å²) in [7, 11) is 3.20. The number of phenolic OH excluding ortho intramolecular Hbond substituents is 1. The number of carbonyl (C=O) groups is 4. The number of fused-ring (bicyclic) bond motifs is 5. The number of aromatic nitrogens is 2. The van der Waals surface area contributed by atoms with Gasteiger partial charge in [-0.2, -0.15) is 5.10 Å². The van der Waals surface area contributed by atoms with Crippen LogP contribution in [-0.2, 0) is 32.8 Å². The molecule has 4 aliphatic rings. The number of thiophene rings is 2. The lowest BCUT2D eigenvalue weighted by Crippen LogP contribution is -2.49. The van der Waals surface area contributed by atoms with Gasteiger partial charge in [0.2, 0.25) is 23.6 Å². The molecule has 5 heterocycles. The Balaban J connectivity index is 1.16. The number of aryl methyl sites for hydroxylation is 2. The molecule has 2 aliphatic carbocycles. The highest BCUT2D eigenvalue weighted by Gasteiger charge is 2.68. The Morgan fingerprint density at radius 3 is 2.61 bits per heavy atom. The van der Waals surface area contributed by atoms with Crippen molar-refractivity contribution in [3.05, 3.63) is 90.2 Å². The maximum Gasteiger partial charge on any atom is 0.242 e. The number of allylic oxidation sites excluding steroid dienone is 2. The molecule has 4 amide bonds. The lowest BCUT2D eigenvalue weighted by Gasteiger charge is -2.49. The fraction of sp³-hybridized carbons (Fsp3) is 0.325. The van der Waals surface area contributed by atoms with E-state index in [1.54, 1.807) is 35.2 Å². The summed E-state index contributed by atoms with van der Waals surface area (Å²) in [6, 6.07) is 14.9. The average Bonchev–Trinajstić information content (AvgIpc) is 3.95. The fourth-order valence-corrected chi connectivity index (χ4v) is 12.2. The van der Waals surface area contributed by atoms with Crippen LogP contribution >= 0.6 is 56.9 Å². The number of benzene rings is 2. The van der Waals surface area contributed by atoms with Crippen molar-refractivity contribution >= 4 is 96.4 Å². The summed E-state index contributed by atoms with van der Waals surface area (Å²) in [6.07, 6.45) is 2.62. The summed E-state index contributed by atoms with van der Waals surface area (Å²) < 4.78 is 8.73. The first-order valence-electron chi connectivity index (χ1n) is 17.6. The number of carbonyl (C=O) groups excluding carboxylic acids is 4. The monoisotopic (exact) mass is 892 g/mol.